The van der Waals surface area contributed by atoms with Gasteiger partial charge in [-0.15, -0.1) is 0 Å². The number of amides is 1. The summed E-state index contributed by atoms with van der Waals surface area (Å²) in [5, 5.41) is 1.22. The van der Waals surface area contributed by atoms with Gasteiger partial charge in [0.1, 0.15) is 0 Å². The molecule has 5 heteroatoms. The predicted octanol–water partition coefficient (Wildman–Crippen LogP) is 3.29. The van der Waals surface area contributed by atoms with E-state index in [4.69, 9.17) is 10.3 Å². The molecule has 2 aromatic rings. The highest BCUT2D eigenvalue weighted by Gasteiger charge is 2.14. The molecule has 0 aliphatic rings. The Bertz CT molecular complexity index is 606. The first-order chi connectivity index (χ1) is 9.99. The lowest BCUT2D eigenvalue weighted by Crippen LogP contribution is -2.37. The van der Waals surface area contributed by atoms with Crippen LogP contribution in [0.25, 0.3) is 11.3 Å². The van der Waals surface area contributed by atoms with Crippen molar-refractivity contribution in [3.63, 3.8) is 0 Å². The molecule has 1 amide bonds. The summed E-state index contributed by atoms with van der Waals surface area (Å²) in [4.78, 5) is 16.0. The zero-order valence-electron chi connectivity index (χ0n) is 12.7. The number of hydrogen-bond donors (Lipinski definition) is 1. The van der Waals surface area contributed by atoms with Gasteiger partial charge in [0, 0.05) is 12.0 Å². The van der Waals surface area contributed by atoms with Crippen molar-refractivity contribution < 1.29 is 9.21 Å². The minimum Gasteiger partial charge on any atom is -0.444 e. The van der Waals surface area contributed by atoms with Gasteiger partial charge >= 0.3 is 0 Å². The lowest BCUT2D eigenvalue weighted by molar-refractivity contribution is -0.118. The summed E-state index contributed by atoms with van der Waals surface area (Å²) in [6.45, 7) is 6.13. The molecule has 21 heavy (non-hydrogen) atoms. The van der Waals surface area contributed by atoms with Gasteiger partial charge in [-0.1, -0.05) is 13.8 Å². The molecule has 112 valence electrons. The Morgan fingerprint density at radius 3 is 2.76 bits per heavy atom. The van der Waals surface area contributed by atoms with Crippen molar-refractivity contribution >= 4 is 11.6 Å². The Hall–Kier alpha value is -2.14. The molecular weight excluding hydrogens is 266 g/mol. The first-order valence-electron chi connectivity index (χ1n) is 7.06. The van der Waals surface area contributed by atoms with Crippen LogP contribution in [-0.4, -0.2) is 10.9 Å². The summed E-state index contributed by atoms with van der Waals surface area (Å²) in [7, 11) is 0. The summed E-state index contributed by atoms with van der Waals surface area (Å²) >= 11 is 0. The van der Waals surface area contributed by atoms with Gasteiger partial charge in [-0.2, -0.15) is 0 Å². The quantitative estimate of drug-likeness (QED) is 0.520. The third-order valence-corrected chi connectivity index (χ3v) is 3.39. The Morgan fingerprint density at radius 2 is 2.19 bits per heavy atom. The van der Waals surface area contributed by atoms with Crippen molar-refractivity contribution in [2.24, 2.45) is 11.8 Å². The minimum atomic E-state index is -0.0736. The van der Waals surface area contributed by atoms with E-state index >= 15 is 0 Å². The third kappa shape index (κ3) is 3.70. The second-order valence-corrected chi connectivity index (χ2v) is 5.56. The van der Waals surface area contributed by atoms with E-state index in [1.165, 1.54) is 11.4 Å². The van der Waals surface area contributed by atoms with Crippen molar-refractivity contribution in [2.45, 2.75) is 33.6 Å². The molecule has 0 spiro atoms. The molecule has 1 aromatic heterocycles. The summed E-state index contributed by atoms with van der Waals surface area (Å²) in [5.41, 5.74) is 2.61. The van der Waals surface area contributed by atoms with E-state index in [0.29, 0.717) is 23.8 Å². The smallest absolute Gasteiger partial charge is 0.241 e. The normalized spacial score (nSPS) is 10.9. The average Bonchev–Trinajstić information content (AvgIpc) is 2.97. The molecule has 2 N–H and O–H groups in total. The molecule has 0 aliphatic carbocycles. The first kappa shape index (κ1) is 15.3. The fourth-order valence-electron chi connectivity index (χ4n) is 2.10. The van der Waals surface area contributed by atoms with E-state index in [1.54, 1.807) is 6.20 Å². The molecule has 0 bridgehead atoms. The van der Waals surface area contributed by atoms with E-state index in [-0.39, 0.29) is 5.91 Å². The summed E-state index contributed by atoms with van der Waals surface area (Å²) in [6, 6.07) is 5.59. The predicted molar refractivity (Wildman–Crippen MR) is 82.4 cm³/mol. The van der Waals surface area contributed by atoms with E-state index in [1.807, 2.05) is 25.1 Å². The van der Waals surface area contributed by atoms with Crippen LogP contribution in [0.5, 0.6) is 0 Å². The van der Waals surface area contributed by atoms with Crippen LogP contribution < -0.4 is 10.9 Å². The number of nitrogens with two attached hydrogens (primary N) is 1. The van der Waals surface area contributed by atoms with Crippen LogP contribution in [0.1, 0.15) is 32.3 Å². The molecule has 0 unspecified atom stereocenters. The van der Waals surface area contributed by atoms with Crippen molar-refractivity contribution in [1.29, 1.82) is 0 Å². The SMILES string of the molecule is Cc1cc(N(N)C(=O)CCC(C)C)ccc1-c1cnco1. The minimum absolute atomic E-state index is 0.0736. The molecule has 1 heterocycles. The van der Waals surface area contributed by atoms with E-state index in [9.17, 15) is 4.79 Å². The number of aromatic nitrogens is 1. The van der Waals surface area contributed by atoms with Gasteiger partial charge in [0.05, 0.1) is 11.9 Å². The second-order valence-electron chi connectivity index (χ2n) is 5.56. The highest BCUT2D eigenvalue weighted by atomic mass is 16.3. The van der Waals surface area contributed by atoms with Gasteiger partial charge in [0.25, 0.3) is 0 Å². The molecule has 1 aromatic carbocycles. The van der Waals surface area contributed by atoms with E-state index in [2.05, 4.69) is 18.8 Å². The number of hydrazine groups is 1. The molecule has 0 aliphatic heterocycles. The van der Waals surface area contributed by atoms with E-state index < -0.39 is 0 Å². The van der Waals surface area contributed by atoms with Gasteiger partial charge in [-0.05, 0) is 43.0 Å². The maximum absolute atomic E-state index is 12.0. The van der Waals surface area contributed by atoms with Crippen molar-refractivity contribution in [2.75, 3.05) is 5.01 Å². The molecular formula is C16H21N3O2. The number of rotatable bonds is 5. The van der Waals surface area contributed by atoms with Crippen molar-refractivity contribution in [3.8, 4) is 11.3 Å². The zero-order valence-corrected chi connectivity index (χ0v) is 12.7. The summed E-state index contributed by atoms with van der Waals surface area (Å²) in [5.74, 6) is 7.02. The second kappa shape index (κ2) is 6.54. The first-order valence-corrected chi connectivity index (χ1v) is 7.06. The molecule has 0 radical (unpaired) electrons. The number of oxazole rings is 1. The van der Waals surface area contributed by atoms with Crippen LogP contribution in [0.4, 0.5) is 5.69 Å². The number of aryl methyl sites for hydroxylation is 1. The number of carbonyl (C=O) groups is 1. The Labute approximate surface area is 124 Å². The number of anilines is 1. The molecule has 2 rings (SSSR count). The number of nitrogens with zero attached hydrogens (tertiary/aromatic N) is 2. The molecule has 0 fully saturated rings. The lowest BCUT2D eigenvalue weighted by Gasteiger charge is -2.18. The lowest BCUT2D eigenvalue weighted by atomic mass is 10.1. The maximum Gasteiger partial charge on any atom is 0.241 e. The number of hydrogen-bond acceptors (Lipinski definition) is 4. The molecule has 0 atom stereocenters. The van der Waals surface area contributed by atoms with Crippen LogP contribution in [0, 0.1) is 12.8 Å². The van der Waals surface area contributed by atoms with Crippen LogP contribution in [-0.2, 0) is 4.79 Å². The molecule has 5 nitrogen and oxygen atoms in total. The largest absolute Gasteiger partial charge is 0.444 e. The van der Waals surface area contributed by atoms with Crippen molar-refractivity contribution in [3.05, 3.63) is 36.4 Å². The van der Waals surface area contributed by atoms with Gasteiger partial charge in [-0.25, -0.2) is 15.8 Å². The van der Waals surface area contributed by atoms with Gasteiger partial charge in [-0.3, -0.25) is 4.79 Å². The summed E-state index contributed by atoms with van der Waals surface area (Å²) in [6.07, 6.45) is 4.35. The van der Waals surface area contributed by atoms with Crippen LogP contribution in [0.3, 0.4) is 0 Å². The average molecular weight is 287 g/mol. The van der Waals surface area contributed by atoms with Crippen LogP contribution >= 0.6 is 0 Å². The van der Waals surface area contributed by atoms with Gasteiger partial charge in [0.15, 0.2) is 12.2 Å². The monoisotopic (exact) mass is 287 g/mol. The maximum atomic E-state index is 12.0. The standard InChI is InChI=1S/C16H21N3O2/c1-11(2)4-7-16(20)19(17)13-5-6-14(12(3)8-13)15-9-18-10-21-15/h5-6,8-11H,4,7,17H2,1-3H3. The Balaban J connectivity index is 2.14. The molecule has 0 saturated heterocycles. The summed E-state index contributed by atoms with van der Waals surface area (Å²) < 4.78 is 5.29. The Morgan fingerprint density at radius 1 is 1.43 bits per heavy atom. The van der Waals surface area contributed by atoms with Gasteiger partial charge in [0.2, 0.25) is 5.91 Å². The number of carbonyl (C=O) groups excluding carboxylic acids is 1. The van der Waals surface area contributed by atoms with Crippen LogP contribution in [0.2, 0.25) is 0 Å². The highest BCUT2D eigenvalue weighted by Crippen LogP contribution is 2.26. The molecule has 0 saturated carbocycles. The zero-order chi connectivity index (χ0) is 15.4. The fraction of sp³-hybridized carbons (Fsp3) is 0.375. The number of benzene rings is 1. The Kier molecular flexibility index (Phi) is 4.75. The van der Waals surface area contributed by atoms with E-state index in [0.717, 1.165) is 17.5 Å². The van der Waals surface area contributed by atoms with Crippen molar-refractivity contribution in [1.82, 2.24) is 4.98 Å². The highest BCUT2D eigenvalue weighted by molar-refractivity contribution is 5.92. The fourth-order valence-corrected chi connectivity index (χ4v) is 2.10. The third-order valence-electron chi connectivity index (χ3n) is 3.39. The van der Waals surface area contributed by atoms with Gasteiger partial charge < -0.3 is 4.42 Å². The topological polar surface area (TPSA) is 72.4 Å². The van der Waals surface area contributed by atoms with Crippen LogP contribution in [0.15, 0.2) is 35.2 Å².